The first-order valence-electron chi connectivity index (χ1n) is 33.9. The number of H-pyrrole nitrogens is 2. The molecule has 0 bridgehead atoms. The molecule has 4 unspecified atom stereocenters. The number of fused-ring (bicyclic) bond motifs is 12. The van der Waals surface area contributed by atoms with Crippen LogP contribution >= 0.6 is 23.2 Å². The lowest BCUT2D eigenvalue weighted by atomic mass is 9.93. The zero-order valence-corrected chi connectivity index (χ0v) is 59.6. The van der Waals surface area contributed by atoms with Crippen LogP contribution in [-0.2, 0) is 9.59 Å². The average Bonchev–Trinajstić information content (AvgIpc) is 0.945. The zero-order chi connectivity index (χ0) is 70.2. The van der Waals surface area contributed by atoms with Gasteiger partial charge in [0.1, 0.15) is 23.0 Å². The van der Waals surface area contributed by atoms with Gasteiger partial charge in [-0.15, -0.1) is 0 Å². The lowest BCUT2D eigenvalue weighted by Crippen LogP contribution is -2.64. The summed E-state index contributed by atoms with van der Waals surface area (Å²) in [6, 6.07) is 13.0. The van der Waals surface area contributed by atoms with Gasteiger partial charge in [-0.1, -0.05) is 69.6 Å². The summed E-state index contributed by atoms with van der Waals surface area (Å²) in [4.78, 5) is 84.9. The van der Waals surface area contributed by atoms with Crippen LogP contribution in [0.4, 0.5) is 31.5 Å². The van der Waals surface area contributed by atoms with Crippen molar-refractivity contribution in [3.05, 3.63) is 168 Å². The summed E-state index contributed by atoms with van der Waals surface area (Å²) in [7, 11) is 5.87. The quantitative estimate of drug-likeness (QED) is 0.104. The fourth-order valence-electron chi connectivity index (χ4n) is 16.1. The molecule has 0 radical (unpaired) electrons. The van der Waals surface area contributed by atoms with Gasteiger partial charge in [0.2, 0.25) is 11.8 Å². The number of carbonyl (C=O) groups excluding carboxylic acids is 2. The van der Waals surface area contributed by atoms with Crippen LogP contribution in [-0.4, -0.2) is 164 Å². The van der Waals surface area contributed by atoms with E-state index in [0.717, 1.165) is 23.2 Å². The molecule has 4 atom stereocenters. The summed E-state index contributed by atoms with van der Waals surface area (Å²) in [6.45, 7) is 26.7. The molecule has 23 heteroatoms. The van der Waals surface area contributed by atoms with Crippen molar-refractivity contribution in [2.45, 2.75) is 112 Å². The maximum Gasteiger partial charge on any atom is 0.281 e. The Bertz CT molecular complexity index is 5210. The zero-order valence-electron chi connectivity index (χ0n) is 58.1. The molecule has 2 fully saturated rings. The summed E-state index contributed by atoms with van der Waals surface area (Å²) in [5, 5.41) is 17.0. The molecule has 4 aromatic carbocycles. The Labute approximate surface area is 582 Å². The summed E-state index contributed by atoms with van der Waals surface area (Å²) in [6.07, 6.45) is 10.3. The van der Waals surface area contributed by atoms with E-state index in [4.69, 9.17) is 33.2 Å². The molecule has 2 amide bonds. The van der Waals surface area contributed by atoms with Gasteiger partial charge in [0.05, 0.1) is 96.4 Å². The topological polar surface area (TPSA) is 184 Å². The number of carbonyl (C=O) groups is 2. The van der Waals surface area contributed by atoms with Crippen LogP contribution in [0.1, 0.15) is 99.1 Å². The van der Waals surface area contributed by atoms with E-state index < -0.39 is 17.7 Å². The molecule has 99 heavy (non-hydrogen) atoms. The van der Waals surface area contributed by atoms with E-state index in [1.807, 2.05) is 137 Å². The largest absolute Gasteiger partial charge is 0.366 e. The Balaban J connectivity index is 0.876. The van der Waals surface area contributed by atoms with E-state index in [-0.39, 0.29) is 80.6 Å². The molecular formula is C76H81Cl2F2N15O4. The minimum atomic E-state index is -0.583. The number of amides is 2. The number of halogens is 4. The molecule has 2 N–H and O–H groups in total. The third-order valence-electron chi connectivity index (χ3n) is 20.7. The molecule has 0 spiro atoms. The Hall–Kier alpha value is -9.44. The van der Waals surface area contributed by atoms with Crippen LogP contribution in [0.3, 0.4) is 0 Å². The molecule has 0 saturated carbocycles. The van der Waals surface area contributed by atoms with E-state index >= 15 is 23.2 Å². The number of aromatic nitrogens is 8. The molecule has 4 aliphatic heterocycles. The first-order chi connectivity index (χ1) is 47.3. The molecule has 14 rings (SSSR count). The molecule has 2 saturated heterocycles. The Morgan fingerprint density at radius 3 is 1.69 bits per heavy atom. The Kier molecular flexibility index (Phi) is 17.1. The molecule has 512 valence electrons. The second-order valence-electron chi connectivity index (χ2n) is 28.3. The maximum atomic E-state index is 17.9. The number of likely N-dealkylation sites (N-methyl/N-ethyl adjacent to an activating group) is 1. The van der Waals surface area contributed by atoms with E-state index in [0.29, 0.717) is 157 Å². The summed E-state index contributed by atoms with van der Waals surface area (Å²) in [5.74, 6) is -1.99. The molecular weight excluding hydrogens is 1300 g/mol. The number of hydrogen-bond donors (Lipinski definition) is 2. The molecule has 19 nitrogen and oxygen atoms in total. The van der Waals surface area contributed by atoms with E-state index in [1.165, 1.54) is 18.2 Å². The van der Waals surface area contributed by atoms with Crippen molar-refractivity contribution in [1.29, 1.82) is 0 Å². The van der Waals surface area contributed by atoms with Crippen LogP contribution in [0, 0.1) is 39.3 Å². The summed E-state index contributed by atoms with van der Waals surface area (Å²) < 4.78 is 38.9. The van der Waals surface area contributed by atoms with Gasteiger partial charge in [-0.25, -0.2) is 8.78 Å². The number of benzene rings is 4. The van der Waals surface area contributed by atoms with Gasteiger partial charge < -0.3 is 34.3 Å². The number of hydrogen-bond acceptors (Lipinski definition) is 13. The highest BCUT2D eigenvalue weighted by Crippen LogP contribution is 2.51. The fourth-order valence-corrected chi connectivity index (χ4v) is 16.9. The number of pyridine rings is 4. The summed E-state index contributed by atoms with van der Waals surface area (Å²) in [5.41, 5.74) is 10.4. The molecule has 4 aliphatic rings. The number of aromatic amines is 2. The van der Waals surface area contributed by atoms with Crippen LogP contribution in [0.25, 0.3) is 83.3 Å². The molecule has 10 aromatic rings. The monoisotopic (exact) mass is 1380 g/mol. The standard InChI is InChI=1S/C76H81Cl2F2N15O4/c1-15-57(96)90-36-47-34-88(14)73-71(92(47)32-44(90)10)49-28-53(79)61(59-40(6)17-20-55-51(59)30-82-85-55)63(77)69(49)95(75(73)98)68-43(9)27-46(84-66(68)39(4)5)19-22-58(97)91-37-48-35-89(26-16-25-87(12)13)74-72(93(48)33-45(91)11)50-29-54(80)62(60-41(7)18-21-56-52(60)31-83-86-56)64(78)70(50)94(76(74)99)67-42(8)23-24-81-65(67)38(2)3/h15,17-24,27-31,38-39,44-45,47-48H,1,16,25-26,32-37H2,2-14H3,(H,82,85)(H,83,86)/b22-19+. The van der Waals surface area contributed by atoms with Gasteiger partial charge in [0.25, 0.3) is 11.1 Å². The first-order valence-corrected chi connectivity index (χ1v) is 34.7. The predicted octanol–water partition coefficient (Wildman–Crippen LogP) is 13.2. The van der Waals surface area contributed by atoms with Crippen molar-refractivity contribution < 1.29 is 18.4 Å². The number of anilines is 4. The highest BCUT2D eigenvalue weighted by atomic mass is 35.5. The maximum absolute atomic E-state index is 17.9. The number of piperazine rings is 2. The second-order valence-corrected chi connectivity index (χ2v) is 29.1. The fraction of sp³-hybridized carbons (Fsp3) is 0.368. The van der Waals surface area contributed by atoms with Crippen molar-refractivity contribution in [2.24, 2.45) is 0 Å². The minimum Gasteiger partial charge on any atom is -0.366 e. The Morgan fingerprint density at radius 2 is 1.15 bits per heavy atom. The van der Waals surface area contributed by atoms with Crippen LogP contribution in [0.15, 0.2) is 95.4 Å². The van der Waals surface area contributed by atoms with Gasteiger partial charge in [-0.05, 0) is 151 Å². The third-order valence-corrected chi connectivity index (χ3v) is 21.5. The SMILES string of the molecule is C=CC(=O)N1CC2CN(C)c3c(c4cc(F)c(-c5c(C)ccc6[nH]ncc56)c(Cl)c4n(-c4c(C)cc(/C=C/C(=O)N5CC6CN(CCCN(C)C)c7c(c8cc(F)c(-c9c(C)ccc%10[nH]ncc9%10)c(Cl)c8n(-c8c(C)ccnc8C(C)C)c7=O)N6CC5C)nc4C(C)C)c3=O)N2CC1C. The highest BCUT2D eigenvalue weighted by molar-refractivity contribution is 6.40. The van der Waals surface area contributed by atoms with E-state index in [9.17, 15) is 4.79 Å². The first kappa shape index (κ1) is 66.8. The Morgan fingerprint density at radius 1 is 0.636 bits per heavy atom. The minimum absolute atomic E-state index is 0.0287. The smallest absolute Gasteiger partial charge is 0.281 e. The van der Waals surface area contributed by atoms with Crippen molar-refractivity contribution in [3.8, 4) is 33.6 Å². The molecule has 10 heterocycles. The van der Waals surface area contributed by atoms with Crippen LogP contribution in [0.2, 0.25) is 10.0 Å². The second kappa shape index (κ2) is 25.4. The van der Waals surface area contributed by atoms with Gasteiger partial charge in [0.15, 0.2) is 0 Å². The third kappa shape index (κ3) is 10.8. The molecule has 0 aliphatic carbocycles. The van der Waals surface area contributed by atoms with E-state index in [2.05, 4.69) is 46.6 Å². The van der Waals surface area contributed by atoms with Crippen LogP contribution < -0.4 is 30.7 Å². The van der Waals surface area contributed by atoms with Crippen molar-refractivity contribution in [2.75, 3.05) is 93.1 Å². The lowest BCUT2D eigenvalue weighted by Gasteiger charge is -2.52. The normalized spacial score (nSPS) is 17.9. The molecule has 6 aromatic heterocycles. The van der Waals surface area contributed by atoms with Crippen molar-refractivity contribution in [3.63, 3.8) is 0 Å². The highest BCUT2D eigenvalue weighted by Gasteiger charge is 2.45. The lowest BCUT2D eigenvalue weighted by molar-refractivity contribution is -0.129. The number of nitrogens with zero attached hydrogens (tertiary/aromatic N) is 13. The number of aryl methyl sites for hydroxylation is 4. The van der Waals surface area contributed by atoms with Gasteiger partial charge in [0, 0.05) is 121 Å². The number of rotatable bonds is 13. The van der Waals surface area contributed by atoms with Gasteiger partial charge in [-0.3, -0.25) is 48.5 Å². The van der Waals surface area contributed by atoms with Gasteiger partial charge >= 0.3 is 0 Å². The average molecular weight is 1380 g/mol. The van der Waals surface area contributed by atoms with Crippen molar-refractivity contribution >= 4 is 107 Å². The van der Waals surface area contributed by atoms with Crippen molar-refractivity contribution in [1.82, 2.24) is 54.2 Å². The number of nitrogens with one attached hydrogen (secondary N) is 2. The predicted molar refractivity (Wildman–Crippen MR) is 394 cm³/mol. The van der Waals surface area contributed by atoms with E-state index in [1.54, 1.807) is 44.8 Å². The van der Waals surface area contributed by atoms with Gasteiger partial charge in [-0.2, -0.15) is 10.2 Å². The van der Waals surface area contributed by atoms with Crippen LogP contribution in [0.5, 0.6) is 0 Å². The summed E-state index contributed by atoms with van der Waals surface area (Å²) >= 11 is 15.6.